The molecule has 0 aliphatic heterocycles. The van der Waals surface area contributed by atoms with Crippen LogP contribution in [0, 0.1) is 0 Å². The molecule has 176 valence electrons. The summed E-state index contributed by atoms with van der Waals surface area (Å²) in [6.07, 6.45) is 21.1. The van der Waals surface area contributed by atoms with Crippen molar-refractivity contribution in [1.29, 1.82) is 0 Å². The van der Waals surface area contributed by atoms with Gasteiger partial charge in [-0.1, -0.05) is 115 Å². The van der Waals surface area contributed by atoms with Crippen LogP contribution >= 0.6 is 6.72 Å². The Hall–Kier alpha value is 1.45. The molecule has 0 amide bonds. The molecule has 5 nitrogen and oxygen atoms in total. The van der Waals surface area contributed by atoms with E-state index >= 15 is 0 Å². The van der Waals surface area contributed by atoms with E-state index in [0.29, 0.717) is 13.2 Å². The second-order valence-corrected chi connectivity index (χ2v) is 10.6. The van der Waals surface area contributed by atoms with Gasteiger partial charge in [-0.15, -0.1) is 0 Å². The Morgan fingerprint density at radius 2 is 1.17 bits per heavy atom. The summed E-state index contributed by atoms with van der Waals surface area (Å²) in [7, 11) is 1.57. The molecule has 30 heavy (non-hydrogen) atoms. The largest absolute Gasteiger partial charge is 1.00 e. The number of hydrogen-bond donors (Lipinski definition) is 1. The standard InChI is InChI=1S/C22H47O5PS.Na/c1-3-4-5-6-7-8-9-10-11-12-13-14-15-16-17-18-19-26-22(20-25-2)21-27-28(23,24)29;/h22H,3-21H2,1-2H3,(H2,23,24,29);/q;+1/p-1. The minimum absolute atomic E-state index is 0. The summed E-state index contributed by atoms with van der Waals surface area (Å²) in [6.45, 7) is -0.668. The molecule has 2 unspecified atom stereocenters. The molecular weight excluding hydrogens is 430 g/mol. The fraction of sp³-hybridized carbons (Fsp3) is 1.00. The topological polar surface area (TPSA) is 71.0 Å². The van der Waals surface area contributed by atoms with Crippen LogP contribution in [0.3, 0.4) is 0 Å². The summed E-state index contributed by atoms with van der Waals surface area (Å²) in [4.78, 5) is 20.0. The number of methoxy groups -OCH3 is 1. The second kappa shape index (κ2) is 25.1. The van der Waals surface area contributed by atoms with E-state index in [1.54, 1.807) is 7.11 Å². The molecular formula is C22H46NaO5PS. The first-order valence-corrected chi connectivity index (χ1v) is 14.4. The fourth-order valence-corrected chi connectivity index (χ4v) is 3.94. The molecule has 1 N–H and O–H groups in total. The van der Waals surface area contributed by atoms with Gasteiger partial charge in [0, 0.05) is 13.7 Å². The van der Waals surface area contributed by atoms with Gasteiger partial charge in [0.05, 0.1) is 13.2 Å². The number of hydrogen-bond acceptors (Lipinski definition) is 5. The van der Waals surface area contributed by atoms with E-state index in [1.165, 1.54) is 89.9 Å². The van der Waals surface area contributed by atoms with Gasteiger partial charge in [0.2, 0.25) is 0 Å². The van der Waals surface area contributed by atoms with Gasteiger partial charge in [-0.2, -0.15) is 0 Å². The molecule has 0 rings (SSSR count). The molecule has 0 saturated heterocycles. The predicted molar refractivity (Wildman–Crippen MR) is 124 cm³/mol. The Morgan fingerprint density at radius 3 is 1.53 bits per heavy atom. The van der Waals surface area contributed by atoms with Crippen molar-refractivity contribution < 1.29 is 53.3 Å². The molecule has 0 aromatic heterocycles. The molecule has 0 aliphatic carbocycles. The van der Waals surface area contributed by atoms with Gasteiger partial charge in [0.1, 0.15) is 12.8 Å². The van der Waals surface area contributed by atoms with Crippen molar-refractivity contribution in [2.75, 3.05) is 26.9 Å². The second-order valence-electron chi connectivity index (χ2n) is 8.02. The minimum Gasteiger partial charge on any atom is -0.780 e. The van der Waals surface area contributed by atoms with Gasteiger partial charge in [-0.3, -0.25) is 0 Å². The van der Waals surface area contributed by atoms with Crippen LogP contribution in [-0.2, 0) is 25.8 Å². The van der Waals surface area contributed by atoms with Crippen molar-refractivity contribution in [1.82, 2.24) is 0 Å². The summed E-state index contributed by atoms with van der Waals surface area (Å²) >= 11 is 4.34. The van der Waals surface area contributed by atoms with Gasteiger partial charge in [0.25, 0.3) is 0 Å². The third kappa shape index (κ3) is 27.5. The molecule has 0 aromatic rings. The quantitative estimate of drug-likeness (QED) is 0.139. The normalized spacial score (nSPS) is 14.3. The van der Waals surface area contributed by atoms with E-state index in [2.05, 4.69) is 18.7 Å². The van der Waals surface area contributed by atoms with E-state index in [1.807, 2.05) is 0 Å². The van der Waals surface area contributed by atoms with E-state index in [4.69, 9.17) is 18.9 Å². The molecule has 0 aromatic carbocycles. The third-order valence-corrected chi connectivity index (χ3v) is 5.92. The molecule has 8 heteroatoms. The smallest absolute Gasteiger partial charge is 0.780 e. The van der Waals surface area contributed by atoms with Gasteiger partial charge < -0.3 is 23.8 Å². The van der Waals surface area contributed by atoms with E-state index in [9.17, 15) is 4.89 Å². The summed E-state index contributed by atoms with van der Waals surface area (Å²) in [5.74, 6) is 0. The average molecular weight is 477 g/mol. The van der Waals surface area contributed by atoms with Crippen molar-refractivity contribution in [2.45, 2.75) is 116 Å². The molecule has 0 saturated carbocycles. The number of rotatable bonds is 23. The number of ether oxygens (including phenoxy) is 2. The van der Waals surface area contributed by atoms with Crippen LogP contribution < -0.4 is 34.5 Å². The van der Waals surface area contributed by atoms with Crippen LogP contribution in [0.2, 0.25) is 0 Å². The predicted octanol–water partition coefficient (Wildman–Crippen LogP) is 2.88. The van der Waals surface area contributed by atoms with Gasteiger partial charge in [0.15, 0.2) is 0 Å². The van der Waals surface area contributed by atoms with Gasteiger partial charge in [-0.05, 0) is 6.42 Å². The fourth-order valence-electron chi connectivity index (χ4n) is 3.41. The van der Waals surface area contributed by atoms with E-state index in [0.717, 1.165) is 12.8 Å². The minimum atomic E-state index is -3.87. The summed E-state index contributed by atoms with van der Waals surface area (Å²) in [5.41, 5.74) is 0. The summed E-state index contributed by atoms with van der Waals surface area (Å²) in [6, 6.07) is 0. The van der Waals surface area contributed by atoms with Crippen molar-refractivity contribution in [3.8, 4) is 0 Å². The molecule has 0 radical (unpaired) electrons. The Bertz CT molecular complexity index is 385. The first-order chi connectivity index (χ1) is 14.0. The Balaban J connectivity index is 0. The monoisotopic (exact) mass is 476 g/mol. The van der Waals surface area contributed by atoms with Crippen LogP contribution in [0.15, 0.2) is 0 Å². The Kier molecular flexibility index (Phi) is 28.1. The van der Waals surface area contributed by atoms with Crippen LogP contribution in [0.4, 0.5) is 0 Å². The molecule has 0 heterocycles. The first kappa shape index (κ1) is 33.6. The van der Waals surface area contributed by atoms with Crippen LogP contribution in [0.25, 0.3) is 0 Å². The Labute approximate surface area is 213 Å². The van der Waals surface area contributed by atoms with E-state index in [-0.39, 0.29) is 42.3 Å². The average Bonchev–Trinajstić information content (AvgIpc) is 2.67. The van der Waals surface area contributed by atoms with Crippen molar-refractivity contribution >= 4 is 18.5 Å². The van der Waals surface area contributed by atoms with Crippen molar-refractivity contribution in [3.63, 3.8) is 0 Å². The van der Waals surface area contributed by atoms with Gasteiger partial charge >= 0.3 is 29.6 Å². The van der Waals surface area contributed by atoms with E-state index < -0.39 is 6.72 Å². The first-order valence-electron chi connectivity index (χ1n) is 11.8. The zero-order valence-corrected chi connectivity index (χ0v) is 23.7. The van der Waals surface area contributed by atoms with Gasteiger partial charge in [-0.25, -0.2) is 0 Å². The third-order valence-electron chi connectivity index (χ3n) is 5.13. The zero-order valence-electron chi connectivity index (χ0n) is 19.9. The molecule has 2 atom stereocenters. The molecule has 0 aliphatic rings. The Morgan fingerprint density at radius 1 is 0.767 bits per heavy atom. The summed E-state index contributed by atoms with van der Waals surface area (Å²) in [5, 5.41) is 0. The molecule has 0 bridgehead atoms. The molecule has 0 spiro atoms. The van der Waals surface area contributed by atoms with Crippen LogP contribution in [-0.4, -0.2) is 37.9 Å². The van der Waals surface area contributed by atoms with Crippen molar-refractivity contribution in [2.24, 2.45) is 0 Å². The van der Waals surface area contributed by atoms with Crippen molar-refractivity contribution in [3.05, 3.63) is 0 Å². The maximum atomic E-state index is 11.0. The SMILES string of the molecule is CCCCCCCCCCCCCCCCCCOC(COC)COP([O-])(O)=S.[Na+]. The number of unbranched alkanes of at least 4 members (excludes halogenated alkanes) is 15. The molecule has 0 fully saturated rings. The maximum absolute atomic E-state index is 11.0. The maximum Gasteiger partial charge on any atom is 1.00 e. The van der Waals surface area contributed by atoms with Crippen LogP contribution in [0.1, 0.15) is 110 Å². The zero-order chi connectivity index (χ0) is 21.6. The summed E-state index contributed by atoms with van der Waals surface area (Å²) < 4.78 is 15.5. The van der Waals surface area contributed by atoms with Crippen LogP contribution in [0.5, 0.6) is 0 Å².